The van der Waals surface area contributed by atoms with Crippen LogP contribution >= 0.6 is 23.2 Å². The highest BCUT2D eigenvalue weighted by molar-refractivity contribution is 7.92. The summed E-state index contributed by atoms with van der Waals surface area (Å²) in [4.78, 5) is -0.0347. The fourth-order valence-corrected chi connectivity index (χ4v) is 3.64. The van der Waals surface area contributed by atoms with Gasteiger partial charge in [-0.2, -0.15) is 0 Å². The molecular weight excluding hydrogens is 317 g/mol. The third-order valence-electron chi connectivity index (χ3n) is 3.05. The van der Waals surface area contributed by atoms with Gasteiger partial charge in [-0.05, 0) is 43.2 Å². The van der Waals surface area contributed by atoms with Crippen LogP contribution in [0, 0.1) is 13.8 Å². The second-order valence-corrected chi connectivity index (χ2v) is 6.84. The van der Waals surface area contributed by atoms with Crippen molar-refractivity contribution >= 4 is 38.9 Å². The molecule has 0 radical (unpaired) electrons. The molecule has 1 N–H and O–H groups in total. The van der Waals surface area contributed by atoms with Crippen LogP contribution in [0.2, 0.25) is 10.0 Å². The molecule has 0 atom stereocenters. The Labute approximate surface area is 128 Å². The van der Waals surface area contributed by atoms with Gasteiger partial charge in [0.05, 0.1) is 15.7 Å². The quantitative estimate of drug-likeness (QED) is 0.906. The van der Waals surface area contributed by atoms with E-state index in [1.807, 2.05) is 19.9 Å². The van der Waals surface area contributed by atoms with Crippen LogP contribution in [0.1, 0.15) is 11.1 Å². The highest BCUT2D eigenvalue weighted by atomic mass is 35.5. The van der Waals surface area contributed by atoms with Crippen molar-refractivity contribution in [1.82, 2.24) is 0 Å². The van der Waals surface area contributed by atoms with E-state index in [0.29, 0.717) is 5.69 Å². The topological polar surface area (TPSA) is 46.2 Å². The highest BCUT2D eigenvalue weighted by Crippen LogP contribution is 2.30. The summed E-state index contributed by atoms with van der Waals surface area (Å²) in [5.41, 5.74) is 2.40. The van der Waals surface area contributed by atoms with Gasteiger partial charge in [0.15, 0.2) is 0 Å². The van der Waals surface area contributed by atoms with Crippen LogP contribution in [0.25, 0.3) is 0 Å². The third-order valence-corrected chi connectivity index (χ3v) is 5.39. The second kappa shape index (κ2) is 5.64. The number of benzene rings is 2. The Hall–Kier alpha value is -1.23. The van der Waals surface area contributed by atoms with Crippen molar-refractivity contribution in [1.29, 1.82) is 0 Å². The number of rotatable bonds is 3. The molecule has 0 aliphatic heterocycles. The minimum Gasteiger partial charge on any atom is -0.279 e. The molecular formula is C14H13Cl2NO2S. The normalized spacial score (nSPS) is 11.4. The van der Waals surface area contributed by atoms with Crippen LogP contribution in [-0.4, -0.2) is 8.42 Å². The van der Waals surface area contributed by atoms with Crippen LogP contribution in [0.4, 0.5) is 5.69 Å². The van der Waals surface area contributed by atoms with Gasteiger partial charge in [-0.3, -0.25) is 4.72 Å². The Morgan fingerprint density at radius 3 is 2.35 bits per heavy atom. The standard InChI is InChI=1S/C14H13Cl2NO2S/c1-9-5-3-7-12(10(9)2)17-20(18,19)13-8-4-6-11(15)14(13)16/h3-8,17H,1-2H3. The summed E-state index contributed by atoms with van der Waals surface area (Å²) < 4.78 is 27.3. The molecule has 0 amide bonds. The molecule has 3 nitrogen and oxygen atoms in total. The molecule has 0 saturated heterocycles. The first-order valence-electron chi connectivity index (χ1n) is 5.86. The van der Waals surface area contributed by atoms with Gasteiger partial charge in [-0.15, -0.1) is 0 Å². The molecule has 6 heteroatoms. The molecule has 0 spiro atoms. The fraction of sp³-hybridized carbons (Fsp3) is 0.143. The van der Waals surface area contributed by atoms with Gasteiger partial charge in [0, 0.05) is 0 Å². The molecule has 0 bridgehead atoms. The summed E-state index contributed by atoms with van der Waals surface area (Å²) in [6.07, 6.45) is 0. The van der Waals surface area contributed by atoms with Gasteiger partial charge in [-0.1, -0.05) is 41.4 Å². The Kier molecular flexibility index (Phi) is 4.28. The predicted octanol–water partition coefficient (Wildman–Crippen LogP) is 4.41. The van der Waals surface area contributed by atoms with Gasteiger partial charge >= 0.3 is 0 Å². The van der Waals surface area contributed by atoms with Gasteiger partial charge in [0.25, 0.3) is 10.0 Å². The fourth-order valence-electron chi connectivity index (χ4n) is 1.75. The van der Waals surface area contributed by atoms with Gasteiger partial charge in [0.2, 0.25) is 0 Å². The molecule has 0 aliphatic carbocycles. The maximum Gasteiger partial charge on any atom is 0.263 e. The van der Waals surface area contributed by atoms with Gasteiger partial charge < -0.3 is 0 Å². The van der Waals surface area contributed by atoms with Crippen LogP contribution in [0.15, 0.2) is 41.3 Å². The van der Waals surface area contributed by atoms with E-state index in [-0.39, 0.29) is 14.9 Å². The minimum absolute atomic E-state index is 0.0203. The van der Waals surface area contributed by atoms with Crippen molar-refractivity contribution in [2.45, 2.75) is 18.7 Å². The molecule has 0 aromatic heterocycles. The van der Waals surface area contributed by atoms with E-state index in [2.05, 4.69) is 4.72 Å². The molecule has 106 valence electrons. The monoisotopic (exact) mass is 329 g/mol. The van der Waals surface area contributed by atoms with Crippen molar-refractivity contribution in [3.63, 3.8) is 0 Å². The number of hydrogen-bond acceptors (Lipinski definition) is 2. The zero-order valence-corrected chi connectivity index (χ0v) is 13.3. The molecule has 0 fully saturated rings. The van der Waals surface area contributed by atoms with E-state index >= 15 is 0 Å². The SMILES string of the molecule is Cc1cccc(NS(=O)(=O)c2cccc(Cl)c2Cl)c1C. The Morgan fingerprint density at radius 2 is 1.65 bits per heavy atom. The predicted molar refractivity (Wildman–Crippen MR) is 83.2 cm³/mol. The summed E-state index contributed by atoms with van der Waals surface area (Å²) in [7, 11) is -3.77. The molecule has 0 unspecified atom stereocenters. The zero-order chi connectivity index (χ0) is 14.9. The maximum atomic E-state index is 12.4. The average molecular weight is 330 g/mol. The summed E-state index contributed by atoms with van der Waals surface area (Å²) >= 11 is 11.8. The largest absolute Gasteiger partial charge is 0.279 e. The number of aryl methyl sites for hydroxylation is 1. The van der Waals surface area contributed by atoms with Crippen LogP contribution in [0.5, 0.6) is 0 Å². The summed E-state index contributed by atoms with van der Waals surface area (Å²) in [6.45, 7) is 3.77. The second-order valence-electron chi connectivity index (χ2n) is 4.40. The zero-order valence-electron chi connectivity index (χ0n) is 10.9. The molecule has 2 rings (SSSR count). The van der Waals surface area contributed by atoms with E-state index in [0.717, 1.165) is 11.1 Å². The Bertz CT molecular complexity index is 758. The number of nitrogens with one attached hydrogen (secondary N) is 1. The van der Waals surface area contributed by atoms with Crippen LogP contribution < -0.4 is 4.72 Å². The van der Waals surface area contributed by atoms with Crippen molar-refractivity contribution in [3.05, 3.63) is 57.6 Å². The van der Waals surface area contributed by atoms with Crippen LogP contribution in [0.3, 0.4) is 0 Å². The van der Waals surface area contributed by atoms with E-state index in [1.165, 1.54) is 6.07 Å². The summed E-state index contributed by atoms with van der Waals surface area (Å²) in [5, 5.41) is 0.225. The van der Waals surface area contributed by atoms with Crippen molar-refractivity contribution in [2.75, 3.05) is 4.72 Å². The van der Waals surface area contributed by atoms with Gasteiger partial charge in [0.1, 0.15) is 4.90 Å². The maximum absolute atomic E-state index is 12.4. The molecule has 2 aromatic rings. The molecule has 20 heavy (non-hydrogen) atoms. The Balaban J connectivity index is 2.47. The van der Waals surface area contributed by atoms with Crippen LogP contribution in [-0.2, 0) is 10.0 Å². The first kappa shape index (κ1) is 15.2. The first-order chi connectivity index (χ1) is 9.33. The van der Waals surface area contributed by atoms with E-state index in [1.54, 1.807) is 24.3 Å². The van der Waals surface area contributed by atoms with Crippen molar-refractivity contribution in [2.24, 2.45) is 0 Å². The minimum atomic E-state index is -3.77. The third kappa shape index (κ3) is 2.92. The van der Waals surface area contributed by atoms with Crippen molar-refractivity contribution < 1.29 is 8.42 Å². The number of halogens is 2. The lowest BCUT2D eigenvalue weighted by Gasteiger charge is -2.13. The average Bonchev–Trinajstić information content (AvgIpc) is 2.38. The number of anilines is 1. The highest BCUT2D eigenvalue weighted by Gasteiger charge is 2.20. The lowest BCUT2D eigenvalue weighted by molar-refractivity contribution is 0.601. The lowest BCUT2D eigenvalue weighted by atomic mass is 10.1. The number of hydrogen-bond donors (Lipinski definition) is 1. The molecule has 0 aliphatic rings. The van der Waals surface area contributed by atoms with E-state index < -0.39 is 10.0 Å². The molecule has 0 heterocycles. The lowest BCUT2D eigenvalue weighted by Crippen LogP contribution is -2.14. The summed E-state index contributed by atoms with van der Waals surface area (Å²) in [5.74, 6) is 0. The van der Waals surface area contributed by atoms with E-state index in [4.69, 9.17) is 23.2 Å². The first-order valence-corrected chi connectivity index (χ1v) is 8.10. The molecule has 2 aromatic carbocycles. The number of sulfonamides is 1. The van der Waals surface area contributed by atoms with Crippen molar-refractivity contribution in [3.8, 4) is 0 Å². The Morgan fingerprint density at radius 1 is 1.00 bits per heavy atom. The smallest absolute Gasteiger partial charge is 0.263 e. The van der Waals surface area contributed by atoms with Gasteiger partial charge in [-0.25, -0.2) is 8.42 Å². The summed E-state index contributed by atoms with van der Waals surface area (Å²) in [6, 6.07) is 9.92. The molecule has 0 saturated carbocycles. The van der Waals surface area contributed by atoms with E-state index in [9.17, 15) is 8.42 Å².